The van der Waals surface area contributed by atoms with E-state index in [0.29, 0.717) is 11.1 Å². The number of hydrogen-bond acceptors (Lipinski definition) is 6. The zero-order valence-electron chi connectivity index (χ0n) is 12.2. The Morgan fingerprint density at radius 3 is 3.09 bits per heavy atom. The zero-order chi connectivity index (χ0) is 15.5. The molecular formula is C14H15N5O2S. The van der Waals surface area contributed by atoms with Gasteiger partial charge in [0.05, 0.1) is 5.75 Å². The number of aryl methyl sites for hydroxylation is 2. The SMILES string of the molecule is CCc1cccc(C)c1NC(=O)CSc1nn2cnnc2o1. The molecule has 114 valence electrons. The number of nitrogens with zero attached hydrogens (tertiary/aromatic N) is 4. The predicted molar refractivity (Wildman–Crippen MR) is 83.0 cm³/mol. The van der Waals surface area contributed by atoms with Crippen LogP contribution in [0.1, 0.15) is 18.1 Å². The fourth-order valence-corrected chi connectivity index (χ4v) is 2.71. The molecule has 3 rings (SSSR count). The van der Waals surface area contributed by atoms with Crippen LogP contribution in [0.2, 0.25) is 0 Å². The van der Waals surface area contributed by atoms with Crippen molar-refractivity contribution in [2.24, 2.45) is 0 Å². The average Bonchev–Trinajstić information content (AvgIpc) is 3.08. The maximum Gasteiger partial charge on any atom is 0.345 e. The Bertz CT molecular complexity index is 782. The van der Waals surface area contributed by atoms with Gasteiger partial charge in [-0.2, -0.15) is 4.52 Å². The van der Waals surface area contributed by atoms with E-state index in [4.69, 9.17) is 4.42 Å². The van der Waals surface area contributed by atoms with Gasteiger partial charge < -0.3 is 9.73 Å². The van der Waals surface area contributed by atoms with Gasteiger partial charge in [-0.15, -0.1) is 10.2 Å². The molecule has 7 nitrogen and oxygen atoms in total. The average molecular weight is 317 g/mol. The van der Waals surface area contributed by atoms with Crippen LogP contribution in [-0.4, -0.2) is 31.5 Å². The first-order valence-corrected chi connectivity index (χ1v) is 7.84. The number of hydrogen-bond donors (Lipinski definition) is 1. The van der Waals surface area contributed by atoms with E-state index in [1.807, 2.05) is 25.1 Å². The Hall–Kier alpha value is -2.35. The van der Waals surface area contributed by atoms with Crippen LogP contribution >= 0.6 is 11.8 Å². The highest BCUT2D eigenvalue weighted by atomic mass is 32.2. The van der Waals surface area contributed by atoms with Crippen LogP contribution in [-0.2, 0) is 11.2 Å². The van der Waals surface area contributed by atoms with Gasteiger partial charge in [0.2, 0.25) is 5.91 Å². The molecule has 0 saturated carbocycles. The number of benzene rings is 1. The number of fused-ring (bicyclic) bond motifs is 1. The number of carbonyl (C=O) groups is 1. The molecule has 1 N–H and O–H groups in total. The van der Waals surface area contributed by atoms with Gasteiger partial charge in [0.1, 0.15) is 6.33 Å². The van der Waals surface area contributed by atoms with E-state index < -0.39 is 0 Å². The summed E-state index contributed by atoms with van der Waals surface area (Å²) in [7, 11) is 0. The van der Waals surface area contributed by atoms with Crippen LogP contribution < -0.4 is 5.32 Å². The van der Waals surface area contributed by atoms with E-state index in [2.05, 4.69) is 27.5 Å². The Morgan fingerprint density at radius 1 is 1.45 bits per heavy atom. The molecule has 0 aliphatic heterocycles. The molecule has 1 aromatic carbocycles. The number of anilines is 1. The number of rotatable bonds is 5. The van der Waals surface area contributed by atoms with E-state index in [0.717, 1.165) is 23.2 Å². The Labute approximate surface area is 131 Å². The Kier molecular flexibility index (Phi) is 4.10. The summed E-state index contributed by atoms with van der Waals surface area (Å²) >= 11 is 1.22. The summed E-state index contributed by atoms with van der Waals surface area (Å²) in [5.41, 5.74) is 3.07. The van der Waals surface area contributed by atoms with Crippen LogP contribution in [0.15, 0.2) is 34.2 Å². The summed E-state index contributed by atoms with van der Waals surface area (Å²) < 4.78 is 6.77. The van der Waals surface area contributed by atoms with Gasteiger partial charge in [-0.25, -0.2) is 0 Å². The summed E-state index contributed by atoms with van der Waals surface area (Å²) in [4.78, 5) is 12.1. The maximum absolute atomic E-state index is 12.1. The normalized spacial score (nSPS) is 11.0. The van der Waals surface area contributed by atoms with Crippen LogP contribution in [0.4, 0.5) is 5.69 Å². The minimum Gasteiger partial charge on any atom is -0.396 e. The fourth-order valence-electron chi connectivity index (χ4n) is 2.10. The number of thioether (sulfide) groups is 1. The van der Waals surface area contributed by atoms with Crippen molar-refractivity contribution in [3.05, 3.63) is 35.7 Å². The third-order valence-electron chi connectivity index (χ3n) is 3.20. The molecule has 1 amide bonds. The molecule has 3 aromatic rings. The second kappa shape index (κ2) is 6.18. The Morgan fingerprint density at radius 2 is 2.32 bits per heavy atom. The Balaban J connectivity index is 1.64. The molecule has 0 spiro atoms. The van der Waals surface area contributed by atoms with Gasteiger partial charge in [-0.1, -0.05) is 42.0 Å². The van der Waals surface area contributed by atoms with E-state index >= 15 is 0 Å². The van der Waals surface area contributed by atoms with E-state index in [1.54, 1.807) is 0 Å². The molecule has 0 unspecified atom stereocenters. The number of para-hydroxylation sites is 1. The fraction of sp³-hybridized carbons (Fsp3) is 0.286. The van der Waals surface area contributed by atoms with Gasteiger partial charge in [-0.05, 0) is 24.5 Å². The van der Waals surface area contributed by atoms with Gasteiger partial charge in [0.25, 0.3) is 5.22 Å². The first-order valence-electron chi connectivity index (χ1n) is 6.85. The van der Waals surface area contributed by atoms with Crippen molar-refractivity contribution >= 4 is 29.2 Å². The summed E-state index contributed by atoms with van der Waals surface area (Å²) in [6.07, 6.45) is 2.32. The third-order valence-corrected chi connectivity index (χ3v) is 4.02. The van der Waals surface area contributed by atoms with Crippen LogP contribution in [0.25, 0.3) is 5.84 Å². The van der Waals surface area contributed by atoms with Crippen LogP contribution in [0.5, 0.6) is 0 Å². The molecular weight excluding hydrogens is 302 g/mol. The number of carbonyl (C=O) groups excluding carboxylic acids is 1. The zero-order valence-corrected chi connectivity index (χ0v) is 13.1. The number of aromatic nitrogens is 4. The lowest BCUT2D eigenvalue weighted by molar-refractivity contribution is -0.113. The van der Waals surface area contributed by atoms with Gasteiger partial charge in [0, 0.05) is 5.69 Å². The number of nitrogens with one attached hydrogen (secondary N) is 1. The van der Waals surface area contributed by atoms with Gasteiger partial charge in [-0.3, -0.25) is 4.79 Å². The summed E-state index contributed by atoms with van der Waals surface area (Å²) in [5, 5.41) is 14.9. The maximum atomic E-state index is 12.1. The first kappa shape index (κ1) is 14.6. The molecule has 0 bridgehead atoms. The van der Waals surface area contributed by atoms with Crippen molar-refractivity contribution in [3.63, 3.8) is 0 Å². The quantitative estimate of drug-likeness (QED) is 0.727. The first-order chi connectivity index (χ1) is 10.7. The molecule has 0 saturated heterocycles. The van der Waals surface area contributed by atoms with Crippen molar-refractivity contribution in [1.29, 1.82) is 0 Å². The summed E-state index contributed by atoms with van der Waals surface area (Å²) in [6, 6.07) is 6.00. The van der Waals surface area contributed by atoms with Crippen LogP contribution in [0, 0.1) is 6.92 Å². The molecule has 8 heteroatoms. The lowest BCUT2D eigenvalue weighted by Crippen LogP contribution is -2.16. The lowest BCUT2D eigenvalue weighted by atomic mass is 10.1. The molecule has 0 aliphatic carbocycles. The van der Waals surface area contributed by atoms with Crippen molar-refractivity contribution in [2.75, 3.05) is 11.1 Å². The molecule has 0 fully saturated rings. The minimum atomic E-state index is -0.0945. The van der Waals surface area contributed by atoms with Crippen molar-refractivity contribution in [2.45, 2.75) is 25.5 Å². The number of amides is 1. The lowest BCUT2D eigenvalue weighted by Gasteiger charge is -2.12. The van der Waals surface area contributed by atoms with Crippen LogP contribution in [0.3, 0.4) is 0 Å². The van der Waals surface area contributed by atoms with Gasteiger partial charge in [0.15, 0.2) is 0 Å². The van der Waals surface area contributed by atoms with Crippen molar-refractivity contribution in [1.82, 2.24) is 19.8 Å². The second-order valence-corrected chi connectivity index (χ2v) is 5.65. The topological polar surface area (TPSA) is 85.3 Å². The van der Waals surface area contributed by atoms with Gasteiger partial charge >= 0.3 is 5.84 Å². The minimum absolute atomic E-state index is 0.0945. The highest BCUT2D eigenvalue weighted by Gasteiger charge is 2.12. The van der Waals surface area contributed by atoms with E-state index in [1.165, 1.54) is 22.6 Å². The van der Waals surface area contributed by atoms with Crippen molar-refractivity contribution < 1.29 is 9.21 Å². The molecule has 0 radical (unpaired) electrons. The molecule has 0 aliphatic rings. The molecule has 2 aromatic heterocycles. The predicted octanol–water partition coefficient (Wildman–Crippen LogP) is 2.32. The largest absolute Gasteiger partial charge is 0.396 e. The van der Waals surface area contributed by atoms with E-state index in [9.17, 15) is 4.79 Å². The third kappa shape index (κ3) is 2.96. The molecule has 22 heavy (non-hydrogen) atoms. The monoisotopic (exact) mass is 317 g/mol. The summed E-state index contributed by atoms with van der Waals surface area (Å²) in [5.74, 6) is 0.437. The molecule has 0 atom stereocenters. The smallest absolute Gasteiger partial charge is 0.345 e. The van der Waals surface area contributed by atoms with Crippen molar-refractivity contribution in [3.8, 4) is 0 Å². The summed E-state index contributed by atoms with van der Waals surface area (Å²) in [6.45, 7) is 4.05. The highest BCUT2D eigenvalue weighted by Crippen LogP contribution is 2.22. The molecule has 2 heterocycles. The second-order valence-electron chi connectivity index (χ2n) is 4.73. The standard InChI is InChI=1S/C14H15N5O2S/c1-3-10-6-4-5-9(2)12(10)16-11(20)7-22-14-18-19-8-15-17-13(19)21-14/h4-6,8H,3,7H2,1-2H3,(H,16,20). The van der Waals surface area contributed by atoms with E-state index in [-0.39, 0.29) is 11.7 Å². The highest BCUT2D eigenvalue weighted by molar-refractivity contribution is 7.99.